The topological polar surface area (TPSA) is 123 Å². The molecular weight excluding hydrogens is 570 g/mol. The minimum absolute atomic E-state index is 0.00937. The molecule has 2 heterocycles. The number of carbonyl (C=O) groups is 2. The number of ether oxygens (including phenoxy) is 2. The van der Waals surface area contributed by atoms with E-state index in [9.17, 15) is 14.7 Å². The summed E-state index contributed by atoms with van der Waals surface area (Å²) in [6.45, 7) is 0.941. The molecule has 0 spiro atoms. The molecule has 1 aliphatic rings. The van der Waals surface area contributed by atoms with E-state index in [0.29, 0.717) is 19.5 Å². The van der Waals surface area contributed by atoms with Crippen LogP contribution in [0.5, 0.6) is 0 Å². The smallest absolute Gasteiger partial charge is 0.303 e. The van der Waals surface area contributed by atoms with Gasteiger partial charge in [-0.05, 0) is 46.0 Å². The first-order chi connectivity index (χ1) is 21.9. The SMILES string of the molecule is O=C(O)CCC(=O)NCc1cccc(-c2ccc(C3OC(Cn4cnc5ccccc54)CC(c4ccc(CO)cc4)O3)cc2)c1. The fourth-order valence-electron chi connectivity index (χ4n) is 5.61. The number of aliphatic hydroxyl groups is 1. The number of hydrogen-bond acceptors (Lipinski definition) is 6. The largest absolute Gasteiger partial charge is 0.481 e. The van der Waals surface area contributed by atoms with Gasteiger partial charge in [-0.1, -0.05) is 78.9 Å². The van der Waals surface area contributed by atoms with Crippen LogP contribution < -0.4 is 5.32 Å². The predicted octanol–water partition coefficient (Wildman–Crippen LogP) is 5.92. The number of carbonyl (C=O) groups excluding carboxylic acids is 1. The number of benzene rings is 4. The minimum Gasteiger partial charge on any atom is -0.481 e. The van der Waals surface area contributed by atoms with Crippen LogP contribution in [0.2, 0.25) is 0 Å². The summed E-state index contributed by atoms with van der Waals surface area (Å²) in [6.07, 6.45) is 1.38. The molecule has 1 aliphatic heterocycles. The molecule has 4 aromatic carbocycles. The maximum Gasteiger partial charge on any atom is 0.303 e. The molecule has 6 rings (SSSR count). The number of amides is 1. The van der Waals surface area contributed by atoms with E-state index in [-0.39, 0.29) is 37.6 Å². The Morgan fingerprint density at radius 1 is 0.844 bits per heavy atom. The molecular formula is C36H35N3O6. The second-order valence-corrected chi connectivity index (χ2v) is 11.2. The zero-order valence-corrected chi connectivity index (χ0v) is 24.7. The van der Waals surface area contributed by atoms with E-state index < -0.39 is 12.3 Å². The number of para-hydroxylation sites is 2. The average Bonchev–Trinajstić information content (AvgIpc) is 3.49. The molecule has 3 unspecified atom stereocenters. The predicted molar refractivity (Wildman–Crippen MR) is 169 cm³/mol. The molecule has 1 fully saturated rings. The van der Waals surface area contributed by atoms with Crippen molar-refractivity contribution < 1.29 is 29.3 Å². The van der Waals surface area contributed by atoms with Crippen molar-refractivity contribution in [3.63, 3.8) is 0 Å². The van der Waals surface area contributed by atoms with E-state index in [0.717, 1.165) is 44.4 Å². The van der Waals surface area contributed by atoms with Gasteiger partial charge < -0.3 is 29.6 Å². The van der Waals surface area contributed by atoms with Crippen LogP contribution in [0.25, 0.3) is 22.2 Å². The summed E-state index contributed by atoms with van der Waals surface area (Å²) in [5.74, 6) is -1.28. The number of nitrogens with one attached hydrogen (secondary N) is 1. The Morgan fingerprint density at radius 2 is 1.62 bits per heavy atom. The standard InChI is InChI=1S/C36H35N3O6/c40-22-24-8-10-27(11-9-24)33-19-30(21-39-23-38-31-6-1-2-7-32(31)39)44-36(45-33)28-14-12-26(13-15-28)29-5-3-4-25(18-29)20-37-34(41)16-17-35(42)43/h1-15,18,23,30,33,36,40H,16-17,19-22H2,(H,37,41)(H,42,43). The third kappa shape index (κ3) is 7.46. The molecule has 9 heteroatoms. The number of nitrogens with zero attached hydrogens (tertiary/aromatic N) is 2. The van der Waals surface area contributed by atoms with Crippen LogP contribution in [-0.2, 0) is 38.8 Å². The van der Waals surface area contributed by atoms with Crippen molar-refractivity contribution in [1.82, 2.24) is 14.9 Å². The number of carboxylic acids is 1. The fraction of sp³-hybridized carbons (Fsp3) is 0.250. The molecule has 1 aromatic heterocycles. The van der Waals surface area contributed by atoms with Crippen molar-refractivity contribution >= 4 is 22.9 Å². The van der Waals surface area contributed by atoms with E-state index in [1.54, 1.807) is 0 Å². The van der Waals surface area contributed by atoms with Gasteiger partial charge in [0.1, 0.15) is 0 Å². The maximum absolute atomic E-state index is 12.0. The Hall–Kier alpha value is -4.83. The summed E-state index contributed by atoms with van der Waals surface area (Å²) in [5, 5.41) is 21.1. The first-order valence-electron chi connectivity index (χ1n) is 15.0. The van der Waals surface area contributed by atoms with Gasteiger partial charge >= 0.3 is 5.97 Å². The third-order valence-electron chi connectivity index (χ3n) is 8.04. The van der Waals surface area contributed by atoms with Crippen molar-refractivity contribution in [3.05, 3.63) is 126 Å². The number of carboxylic acid groups (broad SMARTS) is 1. The lowest BCUT2D eigenvalue weighted by Crippen LogP contribution is -2.32. The molecule has 9 nitrogen and oxygen atoms in total. The Balaban J connectivity index is 1.19. The Morgan fingerprint density at radius 3 is 2.40 bits per heavy atom. The second kappa shape index (κ2) is 13.9. The minimum atomic E-state index is -0.991. The molecule has 0 aliphatic carbocycles. The van der Waals surface area contributed by atoms with Gasteiger partial charge in [-0.15, -0.1) is 0 Å². The summed E-state index contributed by atoms with van der Waals surface area (Å²) in [7, 11) is 0. The summed E-state index contributed by atoms with van der Waals surface area (Å²) in [6, 6.07) is 31.9. The average molecular weight is 606 g/mol. The fourth-order valence-corrected chi connectivity index (χ4v) is 5.61. The summed E-state index contributed by atoms with van der Waals surface area (Å²) in [4.78, 5) is 27.2. The van der Waals surface area contributed by atoms with Crippen molar-refractivity contribution in [2.75, 3.05) is 0 Å². The lowest BCUT2D eigenvalue weighted by Gasteiger charge is -2.36. The Bertz CT molecular complexity index is 1770. The zero-order chi connectivity index (χ0) is 31.2. The van der Waals surface area contributed by atoms with Crippen LogP contribution >= 0.6 is 0 Å². The molecule has 0 bridgehead atoms. The van der Waals surface area contributed by atoms with Gasteiger partial charge in [0.15, 0.2) is 6.29 Å². The Kier molecular flexibility index (Phi) is 9.30. The van der Waals surface area contributed by atoms with Crippen LogP contribution in [-0.4, -0.2) is 37.7 Å². The van der Waals surface area contributed by atoms with Crippen molar-refractivity contribution in [3.8, 4) is 11.1 Å². The molecule has 1 amide bonds. The number of rotatable bonds is 11. The highest BCUT2D eigenvalue weighted by atomic mass is 16.7. The van der Waals surface area contributed by atoms with Gasteiger partial charge in [-0.25, -0.2) is 4.98 Å². The molecule has 230 valence electrons. The number of aliphatic hydroxyl groups excluding tert-OH is 1. The van der Waals surface area contributed by atoms with Crippen LogP contribution in [0.4, 0.5) is 0 Å². The summed E-state index contributed by atoms with van der Waals surface area (Å²) < 4.78 is 15.2. The van der Waals surface area contributed by atoms with E-state index in [1.807, 2.05) is 97.3 Å². The highest BCUT2D eigenvalue weighted by Gasteiger charge is 2.32. The van der Waals surface area contributed by atoms with Gasteiger partial charge in [-0.3, -0.25) is 9.59 Å². The maximum atomic E-state index is 12.0. The first kappa shape index (κ1) is 30.2. The molecule has 45 heavy (non-hydrogen) atoms. The molecule has 0 radical (unpaired) electrons. The van der Waals surface area contributed by atoms with Gasteiger partial charge in [0.2, 0.25) is 5.91 Å². The highest BCUT2D eigenvalue weighted by Crippen LogP contribution is 2.39. The van der Waals surface area contributed by atoms with Gasteiger partial charge in [-0.2, -0.15) is 0 Å². The normalized spacial score (nSPS) is 18.1. The first-order valence-corrected chi connectivity index (χ1v) is 15.0. The monoisotopic (exact) mass is 605 g/mol. The van der Waals surface area contributed by atoms with Crippen LogP contribution in [0.15, 0.2) is 103 Å². The van der Waals surface area contributed by atoms with Crippen LogP contribution in [0.3, 0.4) is 0 Å². The third-order valence-corrected chi connectivity index (χ3v) is 8.04. The quantitative estimate of drug-likeness (QED) is 0.171. The van der Waals surface area contributed by atoms with E-state index in [2.05, 4.69) is 20.9 Å². The van der Waals surface area contributed by atoms with Crippen molar-refractivity contribution in [2.45, 2.75) is 57.5 Å². The molecule has 0 saturated carbocycles. The lowest BCUT2D eigenvalue weighted by atomic mass is 9.99. The van der Waals surface area contributed by atoms with Crippen molar-refractivity contribution in [1.29, 1.82) is 0 Å². The molecule has 5 aromatic rings. The number of aromatic nitrogens is 2. The Labute approximate surface area is 261 Å². The van der Waals surface area contributed by atoms with Crippen molar-refractivity contribution in [2.24, 2.45) is 0 Å². The number of aliphatic carboxylic acids is 1. The van der Waals surface area contributed by atoms with E-state index >= 15 is 0 Å². The van der Waals surface area contributed by atoms with Gasteiger partial charge in [0, 0.05) is 24.9 Å². The molecule has 3 atom stereocenters. The van der Waals surface area contributed by atoms with Crippen LogP contribution in [0, 0.1) is 0 Å². The summed E-state index contributed by atoms with van der Waals surface area (Å²) in [5.41, 5.74) is 7.70. The van der Waals surface area contributed by atoms with Crippen LogP contribution in [0.1, 0.15) is 53.9 Å². The van der Waals surface area contributed by atoms with Gasteiger partial charge in [0.25, 0.3) is 0 Å². The highest BCUT2D eigenvalue weighted by molar-refractivity contribution is 5.80. The van der Waals surface area contributed by atoms with E-state index in [4.69, 9.17) is 14.6 Å². The number of hydrogen-bond donors (Lipinski definition) is 3. The number of imidazole rings is 1. The lowest BCUT2D eigenvalue weighted by molar-refractivity contribution is -0.252. The zero-order valence-electron chi connectivity index (χ0n) is 24.7. The van der Waals surface area contributed by atoms with Gasteiger partial charge in [0.05, 0.1) is 49.1 Å². The molecule has 1 saturated heterocycles. The summed E-state index contributed by atoms with van der Waals surface area (Å²) >= 11 is 0. The second-order valence-electron chi connectivity index (χ2n) is 11.2. The van der Waals surface area contributed by atoms with E-state index in [1.165, 1.54) is 0 Å². The number of fused-ring (bicyclic) bond motifs is 1. The molecule has 3 N–H and O–H groups in total.